The number of rotatable bonds is 6. The van der Waals surface area contributed by atoms with Crippen molar-refractivity contribution in [1.82, 2.24) is 5.09 Å². The highest BCUT2D eigenvalue weighted by Crippen LogP contribution is 2.34. The van der Waals surface area contributed by atoms with Gasteiger partial charge in [-0.25, -0.2) is 4.57 Å². The summed E-state index contributed by atoms with van der Waals surface area (Å²) in [7, 11) is -4.56. The van der Waals surface area contributed by atoms with Crippen molar-refractivity contribution < 1.29 is 29.4 Å². The Labute approximate surface area is 133 Å². The van der Waals surface area contributed by atoms with Crippen LogP contribution in [0.1, 0.15) is 18.4 Å². The summed E-state index contributed by atoms with van der Waals surface area (Å²) in [6.07, 6.45) is 2.31. The topological polar surface area (TPSA) is 127 Å². The number of benzene rings is 1. The lowest BCUT2D eigenvalue weighted by Gasteiger charge is -2.21. The average molecular weight is 339 g/mol. The Balaban J connectivity index is 2.14. The van der Waals surface area contributed by atoms with Gasteiger partial charge in [0.05, 0.1) is 6.10 Å². The van der Waals surface area contributed by atoms with Gasteiger partial charge < -0.3 is 20.0 Å². The molecule has 1 aliphatic carbocycles. The van der Waals surface area contributed by atoms with Crippen LogP contribution >= 0.6 is 7.75 Å². The second-order valence-corrected chi connectivity index (χ2v) is 6.55. The van der Waals surface area contributed by atoms with E-state index in [1.807, 2.05) is 5.09 Å². The highest BCUT2D eigenvalue weighted by molar-refractivity contribution is 7.49. The lowest BCUT2D eigenvalue weighted by molar-refractivity contribution is -0.112. The van der Waals surface area contributed by atoms with Gasteiger partial charge in [-0.15, -0.1) is 0 Å². The summed E-state index contributed by atoms with van der Waals surface area (Å²) in [5.41, 5.74) is 0.790. The van der Waals surface area contributed by atoms with Crippen molar-refractivity contribution in [3.8, 4) is 5.75 Å². The van der Waals surface area contributed by atoms with E-state index >= 15 is 0 Å². The van der Waals surface area contributed by atoms with E-state index in [0.717, 1.165) is 5.56 Å². The summed E-state index contributed by atoms with van der Waals surface area (Å²) in [6.45, 7) is 0. The van der Waals surface area contributed by atoms with E-state index in [-0.39, 0.29) is 29.9 Å². The molecule has 1 aliphatic rings. The Morgan fingerprint density at radius 3 is 2.70 bits per heavy atom. The molecule has 1 atom stereocenters. The fourth-order valence-electron chi connectivity index (χ4n) is 2.44. The van der Waals surface area contributed by atoms with Crippen LogP contribution in [0.15, 0.2) is 47.7 Å². The Morgan fingerprint density at radius 1 is 1.30 bits per heavy atom. The molecule has 0 radical (unpaired) electrons. The lowest BCUT2D eigenvalue weighted by Crippen LogP contribution is -2.26. The molecule has 0 heterocycles. The second-order valence-electron chi connectivity index (χ2n) is 5.24. The smallest absolute Gasteiger partial charge is 0.427 e. The van der Waals surface area contributed by atoms with E-state index in [2.05, 4.69) is 0 Å². The number of nitrogens with one attached hydrogen (secondary N) is 1. The molecule has 23 heavy (non-hydrogen) atoms. The first-order valence-electron chi connectivity index (χ1n) is 7.00. The van der Waals surface area contributed by atoms with Crippen LogP contribution in [0.4, 0.5) is 0 Å². The zero-order valence-electron chi connectivity index (χ0n) is 12.2. The van der Waals surface area contributed by atoms with Gasteiger partial charge in [-0.05, 0) is 36.6 Å². The molecule has 2 rings (SSSR count). The number of aryl methyl sites for hydroxylation is 1. The van der Waals surface area contributed by atoms with Gasteiger partial charge in [-0.1, -0.05) is 18.2 Å². The van der Waals surface area contributed by atoms with E-state index in [4.69, 9.17) is 9.79 Å². The van der Waals surface area contributed by atoms with E-state index < -0.39 is 19.6 Å². The van der Waals surface area contributed by atoms with Crippen LogP contribution < -0.4 is 5.09 Å². The zero-order chi connectivity index (χ0) is 17.0. The van der Waals surface area contributed by atoms with Crippen molar-refractivity contribution in [2.45, 2.75) is 25.4 Å². The predicted molar refractivity (Wildman–Crippen MR) is 83.4 cm³/mol. The number of aliphatic hydroxyl groups excluding tert-OH is 1. The maximum absolute atomic E-state index is 12.0. The minimum Gasteiger partial charge on any atom is -0.508 e. The third kappa shape index (κ3) is 5.04. The molecule has 7 nitrogen and oxygen atoms in total. The van der Waals surface area contributed by atoms with E-state index in [0.29, 0.717) is 6.42 Å². The largest absolute Gasteiger partial charge is 0.508 e. The summed E-state index contributed by atoms with van der Waals surface area (Å²) >= 11 is 0. The van der Waals surface area contributed by atoms with Crippen LogP contribution in [-0.2, 0) is 15.8 Å². The number of ketones is 1. The molecule has 0 amide bonds. The molecule has 5 N–H and O–H groups in total. The first-order valence-corrected chi connectivity index (χ1v) is 8.61. The SMILES string of the molecule is O=C1C=CCC(NP(=O)(O)O)=C1C(O)CCc1cccc(O)c1. The van der Waals surface area contributed by atoms with E-state index in [9.17, 15) is 19.6 Å². The van der Waals surface area contributed by atoms with Gasteiger partial charge >= 0.3 is 7.75 Å². The first kappa shape index (κ1) is 17.4. The summed E-state index contributed by atoms with van der Waals surface area (Å²) in [6, 6.07) is 6.53. The maximum Gasteiger partial charge on any atom is 0.427 e. The van der Waals surface area contributed by atoms with Crippen LogP contribution in [0.2, 0.25) is 0 Å². The van der Waals surface area contributed by atoms with Crippen molar-refractivity contribution in [3.63, 3.8) is 0 Å². The van der Waals surface area contributed by atoms with Crippen molar-refractivity contribution in [1.29, 1.82) is 0 Å². The molecule has 0 saturated carbocycles. The van der Waals surface area contributed by atoms with Gasteiger partial charge in [0.2, 0.25) is 0 Å². The molecule has 0 fully saturated rings. The highest BCUT2D eigenvalue weighted by Gasteiger charge is 2.27. The molecule has 0 saturated heterocycles. The lowest BCUT2D eigenvalue weighted by atomic mass is 9.93. The highest BCUT2D eigenvalue weighted by atomic mass is 31.2. The maximum atomic E-state index is 12.0. The molecular formula is C15H18NO6P. The van der Waals surface area contributed by atoms with Crippen molar-refractivity contribution in [3.05, 3.63) is 53.3 Å². The van der Waals surface area contributed by atoms with Gasteiger partial charge in [0.1, 0.15) is 5.75 Å². The normalized spacial score (nSPS) is 16.6. The van der Waals surface area contributed by atoms with Crippen LogP contribution in [0.5, 0.6) is 5.75 Å². The molecule has 1 aromatic rings. The number of phenolic OH excluding ortho intramolecular Hbond substituents is 1. The quantitative estimate of drug-likeness (QED) is 0.492. The van der Waals surface area contributed by atoms with E-state index in [1.54, 1.807) is 18.2 Å². The number of hydrogen-bond donors (Lipinski definition) is 5. The minimum absolute atomic E-state index is 0.0315. The number of aromatic hydroxyl groups is 1. The van der Waals surface area contributed by atoms with Crippen molar-refractivity contribution in [2.24, 2.45) is 0 Å². The number of hydrogen-bond acceptors (Lipinski definition) is 4. The summed E-state index contributed by atoms with van der Waals surface area (Å²) in [5.74, 6) is -0.368. The third-order valence-corrected chi connectivity index (χ3v) is 3.97. The summed E-state index contributed by atoms with van der Waals surface area (Å²) in [4.78, 5) is 30.0. The fraction of sp³-hybridized carbons (Fsp3) is 0.267. The van der Waals surface area contributed by atoms with Crippen LogP contribution in [0.25, 0.3) is 0 Å². The molecule has 0 aromatic heterocycles. The van der Waals surface area contributed by atoms with Crippen LogP contribution in [-0.4, -0.2) is 31.9 Å². The number of phenols is 1. The Hall–Kier alpha value is -1.92. The van der Waals surface area contributed by atoms with Gasteiger partial charge in [0, 0.05) is 17.7 Å². The monoisotopic (exact) mass is 339 g/mol. The summed E-state index contributed by atoms with van der Waals surface area (Å²) < 4.78 is 11.1. The molecule has 0 spiro atoms. The molecule has 124 valence electrons. The van der Waals surface area contributed by atoms with Crippen LogP contribution in [0.3, 0.4) is 0 Å². The third-order valence-electron chi connectivity index (χ3n) is 3.41. The van der Waals surface area contributed by atoms with Gasteiger partial charge in [0.15, 0.2) is 5.78 Å². The second kappa shape index (κ2) is 7.10. The van der Waals surface area contributed by atoms with Gasteiger partial charge in [-0.3, -0.25) is 9.88 Å². The van der Waals surface area contributed by atoms with Crippen molar-refractivity contribution >= 4 is 13.5 Å². The number of carbonyl (C=O) groups excluding carboxylic acids is 1. The Kier molecular flexibility index (Phi) is 5.38. The zero-order valence-corrected chi connectivity index (χ0v) is 13.1. The molecule has 0 aliphatic heterocycles. The Morgan fingerprint density at radius 2 is 2.04 bits per heavy atom. The summed E-state index contributed by atoms with van der Waals surface area (Å²) in [5, 5.41) is 21.7. The van der Waals surface area contributed by atoms with Gasteiger partial charge in [0.25, 0.3) is 0 Å². The number of allylic oxidation sites excluding steroid dienone is 2. The molecule has 8 heteroatoms. The fourth-order valence-corrected chi connectivity index (χ4v) is 3.00. The minimum atomic E-state index is -4.56. The molecular weight excluding hydrogens is 321 g/mol. The number of aliphatic hydroxyl groups is 1. The molecule has 1 unspecified atom stereocenters. The first-order chi connectivity index (χ1) is 10.8. The standard InChI is InChI=1S/C15H18NO6P/c17-11-4-1-3-10(9-11)7-8-14(19)15-12(16-23(20,21)22)5-2-6-13(15)18/h1-4,6,9,14,17,19H,5,7-8H2,(H3,16,20,21,22). The van der Waals surface area contributed by atoms with Crippen LogP contribution in [0, 0.1) is 0 Å². The molecule has 0 bridgehead atoms. The number of carbonyl (C=O) groups is 1. The van der Waals surface area contributed by atoms with Crippen molar-refractivity contribution in [2.75, 3.05) is 0 Å². The Bertz CT molecular complexity index is 706. The van der Waals surface area contributed by atoms with Gasteiger partial charge in [-0.2, -0.15) is 0 Å². The molecule has 1 aromatic carbocycles. The van der Waals surface area contributed by atoms with E-state index in [1.165, 1.54) is 18.2 Å². The predicted octanol–water partition coefficient (Wildman–Crippen LogP) is 1.15. The average Bonchev–Trinajstić information content (AvgIpc) is 2.43.